The lowest BCUT2D eigenvalue weighted by Gasteiger charge is -2.25. The number of hydrogen-bond acceptors (Lipinski definition) is 2. The van der Waals surface area contributed by atoms with Gasteiger partial charge in [0.1, 0.15) is 5.84 Å². The summed E-state index contributed by atoms with van der Waals surface area (Å²) in [6, 6.07) is 0. The third kappa shape index (κ3) is 1.97. The molecule has 1 rings (SSSR count). The van der Waals surface area contributed by atoms with Crippen LogP contribution in [0, 0.1) is 5.92 Å². The first-order valence-corrected chi connectivity index (χ1v) is 3.93. The van der Waals surface area contributed by atoms with Crippen molar-refractivity contribution in [3.05, 3.63) is 11.8 Å². The second kappa shape index (κ2) is 3.42. The summed E-state index contributed by atoms with van der Waals surface area (Å²) >= 11 is 0. The molecule has 0 amide bonds. The van der Waals surface area contributed by atoms with Crippen molar-refractivity contribution in [3.63, 3.8) is 0 Å². The zero-order valence-electron chi connectivity index (χ0n) is 6.88. The molecule has 0 spiro atoms. The van der Waals surface area contributed by atoms with Gasteiger partial charge in [0, 0.05) is 12.7 Å². The third-order valence-corrected chi connectivity index (χ3v) is 2.15. The van der Waals surface area contributed by atoms with E-state index in [0.29, 0.717) is 11.8 Å². The van der Waals surface area contributed by atoms with E-state index in [4.69, 9.17) is 11.5 Å². The summed E-state index contributed by atoms with van der Waals surface area (Å²) < 4.78 is 0. The Morgan fingerprint density at radius 2 is 2.09 bits per heavy atom. The molecule has 0 aromatic carbocycles. The van der Waals surface area contributed by atoms with Crippen molar-refractivity contribution in [2.75, 3.05) is 7.05 Å². The molecule has 1 saturated carbocycles. The van der Waals surface area contributed by atoms with Gasteiger partial charge in [0.15, 0.2) is 0 Å². The Kier molecular flexibility index (Phi) is 2.52. The predicted molar refractivity (Wildman–Crippen MR) is 47.2 cm³/mol. The summed E-state index contributed by atoms with van der Waals surface area (Å²) in [5.74, 6) is 1.09. The van der Waals surface area contributed by atoms with E-state index in [-0.39, 0.29) is 0 Å². The first-order valence-electron chi connectivity index (χ1n) is 3.93. The van der Waals surface area contributed by atoms with Crippen LogP contribution < -0.4 is 11.5 Å². The van der Waals surface area contributed by atoms with Gasteiger partial charge in [0.05, 0.1) is 0 Å². The molecule has 0 aromatic rings. The smallest absolute Gasteiger partial charge is 0.119 e. The van der Waals surface area contributed by atoms with Gasteiger partial charge >= 0.3 is 0 Å². The lowest BCUT2D eigenvalue weighted by atomic mass is 9.83. The second-order valence-electron chi connectivity index (χ2n) is 2.92. The molecule has 0 heterocycles. The van der Waals surface area contributed by atoms with E-state index in [9.17, 15) is 0 Å². The molecule has 3 nitrogen and oxygen atoms in total. The summed E-state index contributed by atoms with van der Waals surface area (Å²) in [6.07, 6.45) is 5.48. The molecule has 4 N–H and O–H groups in total. The molecule has 0 atom stereocenters. The third-order valence-electron chi connectivity index (χ3n) is 2.15. The van der Waals surface area contributed by atoms with Crippen molar-refractivity contribution in [2.45, 2.75) is 19.3 Å². The van der Waals surface area contributed by atoms with Gasteiger partial charge in [0.25, 0.3) is 0 Å². The molecule has 1 aliphatic rings. The molecule has 11 heavy (non-hydrogen) atoms. The molecular weight excluding hydrogens is 138 g/mol. The van der Waals surface area contributed by atoms with Crippen LogP contribution in [-0.2, 0) is 0 Å². The van der Waals surface area contributed by atoms with Crippen molar-refractivity contribution in [1.29, 1.82) is 0 Å². The normalized spacial score (nSPS) is 21.5. The minimum Gasteiger partial charge on any atom is -0.402 e. The van der Waals surface area contributed by atoms with Crippen molar-refractivity contribution < 1.29 is 0 Å². The number of nitrogens with two attached hydrogens (primary N) is 2. The lowest BCUT2D eigenvalue weighted by molar-refractivity contribution is 0.365. The van der Waals surface area contributed by atoms with E-state index < -0.39 is 0 Å². The first kappa shape index (κ1) is 8.11. The van der Waals surface area contributed by atoms with E-state index in [1.54, 1.807) is 13.1 Å². The average Bonchev–Trinajstić information content (AvgIpc) is 1.83. The molecule has 62 valence electrons. The van der Waals surface area contributed by atoms with E-state index in [0.717, 1.165) is 5.70 Å². The van der Waals surface area contributed by atoms with Crippen LogP contribution in [0.1, 0.15) is 19.3 Å². The SMILES string of the molecule is CN=C(N)C=C(N)C1CCC1. The zero-order valence-corrected chi connectivity index (χ0v) is 6.88. The van der Waals surface area contributed by atoms with Gasteiger partial charge in [-0.2, -0.15) is 0 Å². The number of rotatable bonds is 2. The molecule has 0 bridgehead atoms. The van der Waals surface area contributed by atoms with Gasteiger partial charge in [-0.25, -0.2) is 0 Å². The maximum Gasteiger partial charge on any atom is 0.119 e. The van der Waals surface area contributed by atoms with Gasteiger partial charge in [0.2, 0.25) is 0 Å². The average molecular weight is 153 g/mol. The van der Waals surface area contributed by atoms with Gasteiger partial charge in [-0.05, 0) is 24.8 Å². The quantitative estimate of drug-likeness (QED) is 0.451. The van der Waals surface area contributed by atoms with Crippen LogP contribution in [0.2, 0.25) is 0 Å². The highest BCUT2D eigenvalue weighted by Crippen LogP contribution is 2.30. The van der Waals surface area contributed by atoms with Crippen molar-refractivity contribution in [2.24, 2.45) is 22.4 Å². The monoisotopic (exact) mass is 153 g/mol. The van der Waals surface area contributed by atoms with Crippen molar-refractivity contribution in [1.82, 2.24) is 0 Å². The molecule has 0 saturated heterocycles. The van der Waals surface area contributed by atoms with E-state index in [1.807, 2.05) is 0 Å². The fourth-order valence-corrected chi connectivity index (χ4v) is 1.09. The van der Waals surface area contributed by atoms with Gasteiger partial charge in [-0.15, -0.1) is 0 Å². The minimum absolute atomic E-state index is 0.523. The topological polar surface area (TPSA) is 64.4 Å². The largest absolute Gasteiger partial charge is 0.402 e. The first-order chi connectivity index (χ1) is 5.24. The summed E-state index contributed by atoms with van der Waals surface area (Å²) in [5, 5.41) is 0. The highest BCUT2D eigenvalue weighted by molar-refractivity contribution is 5.91. The minimum atomic E-state index is 0.523. The van der Waals surface area contributed by atoms with Crippen LogP contribution in [0.5, 0.6) is 0 Å². The maximum absolute atomic E-state index is 5.76. The molecule has 1 fully saturated rings. The fraction of sp³-hybridized carbons (Fsp3) is 0.625. The molecule has 0 radical (unpaired) electrons. The van der Waals surface area contributed by atoms with Crippen LogP contribution in [0.4, 0.5) is 0 Å². The summed E-state index contributed by atoms with van der Waals surface area (Å²) in [5.41, 5.74) is 12.1. The Balaban J connectivity index is 2.50. The summed E-state index contributed by atoms with van der Waals surface area (Å²) in [4.78, 5) is 3.81. The highest BCUT2D eigenvalue weighted by atomic mass is 14.8. The van der Waals surface area contributed by atoms with Crippen LogP contribution in [0.25, 0.3) is 0 Å². The van der Waals surface area contributed by atoms with Gasteiger partial charge in [-0.3, -0.25) is 4.99 Å². The Hall–Kier alpha value is -0.990. The van der Waals surface area contributed by atoms with Crippen LogP contribution >= 0.6 is 0 Å². The number of hydrogen-bond donors (Lipinski definition) is 2. The number of amidine groups is 1. The summed E-state index contributed by atoms with van der Waals surface area (Å²) in [6.45, 7) is 0. The molecule has 0 aromatic heterocycles. The van der Waals surface area contributed by atoms with Gasteiger partial charge in [-0.1, -0.05) is 6.42 Å². The molecule has 1 aliphatic carbocycles. The summed E-state index contributed by atoms with van der Waals surface area (Å²) in [7, 11) is 1.67. The highest BCUT2D eigenvalue weighted by Gasteiger charge is 2.19. The van der Waals surface area contributed by atoms with Crippen LogP contribution in [0.3, 0.4) is 0 Å². The maximum atomic E-state index is 5.76. The molecule has 0 aliphatic heterocycles. The van der Waals surface area contributed by atoms with Crippen molar-refractivity contribution in [3.8, 4) is 0 Å². The Labute approximate surface area is 67.2 Å². The fourth-order valence-electron chi connectivity index (χ4n) is 1.09. The Morgan fingerprint density at radius 3 is 2.45 bits per heavy atom. The Morgan fingerprint density at radius 1 is 1.45 bits per heavy atom. The second-order valence-corrected chi connectivity index (χ2v) is 2.92. The van der Waals surface area contributed by atoms with Crippen LogP contribution in [-0.4, -0.2) is 12.9 Å². The van der Waals surface area contributed by atoms with Crippen molar-refractivity contribution >= 4 is 5.84 Å². The van der Waals surface area contributed by atoms with E-state index >= 15 is 0 Å². The predicted octanol–water partition coefficient (Wildman–Crippen LogP) is 0.616. The number of nitrogens with zero attached hydrogens (tertiary/aromatic N) is 1. The molecular formula is C8H15N3. The van der Waals surface area contributed by atoms with E-state index in [2.05, 4.69) is 4.99 Å². The number of allylic oxidation sites excluding steroid dienone is 1. The lowest BCUT2D eigenvalue weighted by Crippen LogP contribution is -2.22. The van der Waals surface area contributed by atoms with E-state index in [1.165, 1.54) is 19.3 Å². The zero-order chi connectivity index (χ0) is 8.27. The standard InChI is InChI=1S/C8H15N3/c1-11-8(10)5-7(9)6-3-2-4-6/h5-6H,2-4,9H2,1H3,(H2,10,11). The van der Waals surface area contributed by atoms with Crippen LogP contribution in [0.15, 0.2) is 16.8 Å². The molecule has 3 heteroatoms. The Bertz CT molecular complexity index is 190. The van der Waals surface area contributed by atoms with Gasteiger partial charge < -0.3 is 11.5 Å². The molecule has 0 unspecified atom stereocenters. The number of aliphatic imine (C=N–C) groups is 1.